The Labute approximate surface area is 140 Å². The third-order valence-electron chi connectivity index (χ3n) is 4.02. The first kappa shape index (κ1) is 20.6. The quantitative estimate of drug-likeness (QED) is 0.689. The molecule has 2 fully saturated rings. The molecule has 0 radical (unpaired) electrons. The highest BCUT2D eigenvalue weighted by molar-refractivity contribution is 5.75. The zero-order valence-electron chi connectivity index (χ0n) is 14.6. The number of unbranched alkanes of at least 4 members (excludes halogenated alkanes) is 3. The van der Waals surface area contributed by atoms with Crippen molar-refractivity contribution >= 4 is 5.78 Å². The second-order valence-corrected chi connectivity index (χ2v) is 6.32. The minimum absolute atomic E-state index is 0.00292. The first-order valence-corrected chi connectivity index (χ1v) is 9.21. The van der Waals surface area contributed by atoms with Crippen molar-refractivity contribution in [2.75, 3.05) is 19.8 Å². The fourth-order valence-corrected chi connectivity index (χ4v) is 2.65. The van der Waals surface area contributed by atoms with Crippen molar-refractivity contribution in [1.82, 2.24) is 0 Å². The Morgan fingerprint density at radius 3 is 1.96 bits per heavy atom. The van der Waals surface area contributed by atoms with Crippen LogP contribution in [0.2, 0.25) is 0 Å². The molecule has 5 heteroatoms. The van der Waals surface area contributed by atoms with E-state index in [-0.39, 0.29) is 25.0 Å². The van der Waals surface area contributed by atoms with Crippen molar-refractivity contribution in [1.29, 1.82) is 0 Å². The van der Waals surface area contributed by atoms with Gasteiger partial charge in [0.1, 0.15) is 5.78 Å². The minimum atomic E-state index is -0.00292. The van der Waals surface area contributed by atoms with Crippen LogP contribution in [0.1, 0.15) is 77.6 Å². The van der Waals surface area contributed by atoms with Gasteiger partial charge in [-0.1, -0.05) is 12.8 Å². The van der Waals surface area contributed by atoms with Gasteiger partial charge < -0.3 is 24.1 Å². The van der Waals surface area contributed by atoms with E-state index in [1.807, 2.05) is 0 Å². The lowest BCUT2D eigenvalue weighted by Gasteiger charge is -2.29. The van der Waals surface area contributed by atoms with Gasteiger partial charge in [-0.05, 0) is 58.3 Å². The number of aliphatic hydroxyl groups excluding tert-OH is 1. The summed E-state index contributed by atoms with van der Waals surface area (Å²) < 4.78 is 16.6. The molecular weight excluding hydrogens is 296 g/mol. The number of aliphatic hydroxyl groups is 1. The first-order valence-electron chi connectivity index (χ1n) is 9.21. The molecule has 2 aliphatic rings. The van der Waals surface area contributed by atoms with Crippen molar-refractivity contribution in [2.45, 2.75) is 90.1 Å². The van der Waals surface area contributed by atoms with Crippen LogP contribution < -0.4 is 0 Å². The van der Waals surface area contributed by atoms with Gasteiger partial charge in [0.15, 0.2) is 12.6 Å². The average Bonchev–Trinajstić information content (AvgIpc) is 2.57. The smallest absolute Gasteiger partial charge is 0.160 e. The fourth-order valence-electron chi connectivity index (χ4n) is 2.65. The summed E-state index contributed by atoms with van der Waals surface area (Å²) in [6.07, 6.45) is 11.5. The van der Waals surface area contributed by atoms with E-state index in [4.69, 9.17) is 19.3 Å². The number of ketones is 1. The van der Waals surface area contributed by atoms with Crippen molar-refractivity contribution in [2.24, 2.45) is 0 Å². The lowest BCUT2D eigenvalue weighted by Crippen LogP contribution is -2.31. The highest BCUT2D eigenvalue weighted by Crippen LogP contribution is 2.20. The third-order valence-corrected chi connectivity index (χ3v) is 4.02. The van der Waals surface area contributed by atoms with Crippen molar-refractivity contribution in [3.05, 3.63) is 0 Å². The van der Waals surface area contributed by atoms with Crippen LogP contribution in [0.4, 0.5) is 0 Å². The molecule has 0 bridgehead atoms. The number of hydrogen-bond acceptors (Lipinski definition) is 5. The SMILES string of the molecule is C1CCC(OC2CCCCO2)OC1.CC(=O)CCCCCCO. The fraction of sp³-hybridized carbons (Fsp3) is 0.944. The largest absolute Gasteiger partial charge is 0.396 e. The Bertz CT molecular complexity index is 267. The topological polar surface area (TPSA) is 65.0 Å². The van der Waals surface area contributed by atoms with Gasteiger partial charge in [-0.15, -0.1) is 0 Å². The van der Waals surface area contributed by atoms with Crippen LogP contribution in [-0.4, -0.2) is 43.3 Å². The molecule has 2 aliphatic heterocycles. The molecule has 0 aromatic carbocycles. The molecule has 2 heterocycles. The molecule has 0 aliphatic carbocycles. The van der Waals surface area contributed by atoms with E-state index in [0.29, 0.717) is 6.42 Å². The van der Waals surface area contributed by atoms with Gasteiger partial charge >= 0.3 is 0 Å². The summed E-state index contributed by atoms with van der Waals surface area (Å²) in [5.41, 5.74) is 0. The van der Waals surface area contributed by atoms with Crippen molar-refractivity contribution in [3.63, 3.8) is 0 Å². The molecule has 0 amide bonds. The van der Waals surface area contributed by atoms with Crippen molar-refractivity contribution < 1.29 is 24.1 Å². The first-order chi connectivity index (χ1) is 11.2. The van der Waals surface area contributed by atoms with Crippen LogP contribution in [0, 0.1) is 0 Å². The Morgan fingerprint density at radius 1 is 0.957 bits per heavy atom. The van der Waals surface area contributed by atoms with E-state index < -0.39 is 0 Å². The van der Waals surface area contributed by atoms with Crippen LogP contribution in [0.25, 0.3) is 0 Å². The maximum Gasteiger partial charge on any atom is 0.160 e. The Hall–Kier alpha value is -0.490. The molecule has 5 nitrogen and oxygen atoms in total. The predicted molar refractivity (Wildman–Crippen MR) is 89.1 cm³/mol. The summed E-state index contributed by atoms with van der Waals surface area (Å²) >= 11 is 0. The van der Waals surface area contributed by atoms with Gasteiger partial charge in [0.25, 0.3) is 0 Å². The highest BCUT2D eigenvalue weighted by atomic mass is 16.8. The van der Waals surface area contributed by atoms with E-state index in [2.05, 4.69) is 0 Å². The van der Waals surface area contributed by atoms with E-state index in [9.17, 15) is 4.79 Å². The molecule has 2 rings (SSSR count). The number of ether oxygens (including phenoxy) is 3. The summed E-state index contributed by atoms with van der Waals surface area (Å²) in [5.74, 6) is 0.268. The second kappa shape index (κ2) is 13.9. The normalized spacial score (nSPS) is 24.6. The molecule has 2 saturated heterocycles. The maximum absolute atomic E-state index is 10.4. The van der Waals surface area contributed by atoms with Crippen LogP contribution in [0.3, 0.4) is 0 Å². The van der Waals surface area contributed by atoms with Gasteiger partial charge in [0, 0.05) is 26.2 Å². The van der Waals surface area contributed by atoms with E-state index in [1.54, 1.807) is 6.92 Å². The van der Waals surface area contributed by atoms with Gasteiger partial charge in [0.2, 0.25) is 0 Å². The summed E-state index contributed by atoms with van der Waals surface area (Å²) in [6, 6.07) is 0. The van der Waals surface area contributed by atoms with Gasteiger partial charge in [-0.3, -0.25) is 0 Å². The molecule has 23 heavy (non-hydrogen) atoms. The summed E-state index contributed by atoms with van der Waals surface area (Å²) in [5, 5.41) is 8.41. The van der Waals surface area contributed by atoms with Gasteiger partial charge in [-0.2, -0.15) is 0 Å². The number of carbonyl (C=O) groups is 1. The number of rotatable bonds is 8. The second-order valence-electron chi connectivity index (χ2n) is 6.32. The zero-order chi connectivity index (χ0) is 16.8. The molecule has 136 valence electrons. The lowest BCUT2D eigenvalue weighted by atomic mass is 10.1. The third kappa shape index (κ3) is 11.7. The monoisotopic (exact) mass is 330 g/mol. The van der Waals surface area contributed by atoms with Crippen LogP contribution in [0.15, 0.2) is 0 Å². The molecule has 1 N–H and O–H groups in total. The van der Waals surface area contributed by atoms with E-state index in [0.717, 1.165) is 51.7 Å². The summed E-state index contributed by atoms with van der Waals surface area (Å²) in [6.45, 7) is 3.58. The molecule has 0 saturated carbocycles. The molecule has 0 aromatic rings. The Kier molecular flexibility index (Phi) is 12.4. The van der Waals surface area contributed by atoms with Gasteiger partial charge in [0.05, 0.1) is 0 Å². The summed E-state index contributed by atoms with van der Waals surface area (Å²) in [7, 11) is 0. The Balaban J connectivity index is 0.000000241. The van der Waals surface area contributed by atoms with Crippen LogP contribution >= 0.6 is 0 Å². The van der Waals surface area contributed by atoms with E-state index in [1.165, 1.54) is 25.7 Å². The molecule has 0 spiro atoms. The number of carbonyl (C=O) groups excluding carboxylic acids is 1. The van der Waals surface area contributed by atoms with Crippen LogP contribution in [-0.2, 0) is 19.0 Å². The summed E-state index contributed by atoms with van der Waals surface area (Å²) in [4.78, 5) is 10.4. The molecule has 2 unspecified atom stereocenters. The molecule has 0 aromatic heterocycles. The zero-order valence-corrected chi connectivity index (χ0v) is 14.6. The molecular formula is C18H34O5. The number of hydrogen-bond donors (Lipinski definition) is 1. The van der Waals surface area contributed by atoms with Crippen molar-refractivity contribution in [3.8, 4) is 0 Å². The Morgan fingerprint density at radius 2 is 1.52 bits per heavy atom. The predicted octanol–water partition coefficient (Wildman–Crippen LogP) is 3.57. The number of Topliss-reactive ketones (excluding diaryl/α,β-unsaturated/α-hetero) is 1. The lowest BCUT2D eigenvalue weighted by molar-refractivity contribution is -0.264. The standard InChI is InChI=1S/C10H18O3.C8H16O2/c1-3-7-11-9(5-1)13-10-6-2-4-8-12-10;1-8(10)6-4-2-3-5-7-9/h9-10H,1-8H2;9H,2-7H2,1H3. The average molecular weight is 330 g/mol. The van der Waals surface area contributed by atoms with Gasteiger partial charge in [-0.25, -0.2) is 0 Å². The maximum atomic E-state index is 10.4. The molecule has 2 atom stereocenters. The van der Waals surface area contributed by atoms with E-state index >= 15 is 0 Å². The van der Waals surface area contributed by atoms with Crippen LogP contribution in [0.5, 0.6) is 0 Å². The minimum Gasteiger partial charge on any atom is -0.396 e. The highest BCUT2D eigenvalue weighted by Gasteiger charge is 2.21.